The standard InChI is InChI=1S/C15H25NO/c1-12(2)8-9-13(3)16-10-14-6-4-5-7-15(14)11-17/h4-7,12-13,16-17H,8-11H2,1-3H3. The lowest BCUT2D eigenvalue weighted by atomic mass is 10.0. The molecule has 0 amide bonds. The van der Waals surface area contributed by atoms with Crippen LogP contribution in [0.1, 0.15) is 44.7 Å². The smallest absolute Gasteiger partial charge is 0.0685 e. The summed E-state index contributed by atoms with van der Waals surface area (Å²) in [6.07, 6.45) is 2.47. The van der Waals surface area contributed by atoms with E-state index in [9.17, 15) is 5.11 Å². The van der Waals surface area contributed by atoms with Gasteiger partial charge in [0.25, 0.3) is 0 Å². The lowest BCUT2D eigenvalue weighted by Gasteiger charge is -2.16. The van der Waals surface area contributed by atoms with E-state index in [-0.39, 0.29) is 6.61 Å². The Bertz CT molecular complexity index is 322. The summed E-state index contributed by atoms with van der Waals surface area (Å²) in [6.45, 7) is 7.71. The number of benzene rings is 1. The molecule has 0 bridgehead atoms. The van der Waals surface area contributed by atoms with Crippen molar-refractivity contribution < 1.29 is 5.11 Å². The molecule has 96 valence electrons. The number of aliphatic hydroxyl groups excluding tert-OH is 1. The topological polar surface area (TPSA) is 32.3 Å². The molecule has 2 nitrogen and oxygen atoms in total. The highest BCUT2D eigenvalue weighted by Gasteiger charge is 2.05. The van der Waals surface area contributed by atoms with Crippen LogP contribution < -0.4 is 5.32 Å². The van der Waals surface area contributed by atoms with Crippen LogP contribution in [0.5, 0.6) is 0 Å². The van der Waals surface area contributed by atoms with Crippen molar-refractivity contribution in [1.29, 1.82) is 0 Å². The van der Waals surface area contributed by atoms with Gasteiger partial charge in [-0.2, -0.15) is 0 Å². The van der Waals surface area contributed by atoms with Crippen molar-refractivity contribution in [2.45, 2.75) is 52.8 Å². The molecule has 0 aromatic heterocycles. The van der Waals surface area contributed by atoms with Crippen LogP contribution in [0.3, 0.4) is 0 Å². The molecule has 0 radical (unpaired) electrons. The highest BCUT2D eigenvalue weighted by molar-refractivity contribution is 5.26. The number of nitrogens with one attached hydrogen (secondary N) is 1. The van der Waals surface area contributed by atoms with Crippen LogP contribution >= 0.6 is 0 Å². The Labute approximate surface area is 105 Å². The average molecular weight is 235 g/mol. The molecule has 1 atom stereocenters. The van der Waals surface area contributed by atoms with E-state index in [2.05, 4.69) is 32.2 Å². The van der Waals surface area contributed by atoms with Crippen molar-refractivity contribution in [3.63, 3.8) is 0 Å². The van der Waals surface area contributed by atoms with E-state index >= 15 is 0 Å². The first-order valence-electron chi connectivity index (χ1n) is 6.54. The molecular weight excluding hydrogens is 210 g/mol. The molecule has 0 spiro atoms. The molecule has 1 unspecified atom stereocenters. The van der Waals surface area contributed by atoms with E-state index < -0.39 is 0 Å². The zero-order valence-corrected chi connectivity index (χ0v) is 11.2. The third-order valence-electron chi connectivity index (χ3n) is 3.11. The summed E-state index contributed by atoms with van der Waals surface area (Å²) in [6, 6.07) is 8.58. The number of hydrogen-bond donors (Lipinski definition) is 2. The fraction of sp³-hybridized carbons (Fsp3) is 0.600. The van der Waals surface area contributed by atoms with Gasteiger partial charge in [0.15, 0.2) is 0 Å². The van der Waals surface area contributed by atoms with Crippen LogP contribution in [0.4, 0.5) is 0 Å². The van der Waals surface area contributed by atoms with Crippen molar-refractivity contribution in [1.82, 2.24) is 5.32 Å². The number of hydrogen-bond acceptors (Lipinski definition) is 2. The van der Waals surface area contributed by atoms with E-state index in [0.717, 1.165) is 18.0 Å². The Morgan fingerprint density at radius 1 is 1.06 bits per heavy atom. The second-order valence-electron chi connectivity index (χ2n) is 5.18. The van der Waals surface area contributed by atoms with Crippen LogP contribution in [-0.4, -0.2) is 11.1 Å². The van der Waals surface area contributed by atoms with E-state index in [1.807, 2.05) is 18.2 Å². The first kappa shape index (κ1) is 14.2. The highest BCUT2D eigenvalue weighted by atomic mass is 16.3. The SMILES string of the molecule is CC(C)CCC(C)NCc1ccccc1CO. The molecule has 0 saturated carbocycles. The molecule has 0 fully saturated rings. The molecule has 1 aromatic rings. The van der Waals surface area contributed by atoms with Crippen LogP contribution in [-0.2, 0) is 13.2 Å². The monoisotopic (exact) mass is 235 g/mol. The van der Waals surface area contributed by atoms with Crippen LogP contribution in [0.2, 0.25) is 0 Å². The van der Waals surface area contributed by atoms with Crippen molar-refractivity contribution in [3.05, 3.63) is 35.4 Å². The summed E-state index contributed by atoms with van der Waals surface area (Å²) in [5.41, 5.74) is 2.22. The summed E-state index contributed by atoms with van der Waals surface area (Å²) in [7, 11) is 0. The van der Waals surface area contributed by atoms with Gasteiger partial charge >= 0.3 is 0 Å². The van der Waals surface area contributed by atoms with E-state index in [1.165, 1.54) is 18.4 Å². The molecule has 17 heavy (non-hydrogen) atoms. The van der Waals surface area contributed by atoms with E-state index in [0.29, 0.717) is 6.04 Å². The summed E-state index contributed by atoms with van der Waals surface area (Å²) < 4.78 is 0. The fourth-order valence-corrected chi connectivity index (χ4v) is 1.85. The quantitative estimate of drug-likeness (QED) is 0.761. The third kappa shape index (κ3) is 5.33. The minimum absolute atomic E-state index is 0.123. The molecule has 0 aliphatic heterocycles. The van der Waals surface area contributed by atoms with Gasteiger partial charge in [0, 0.05) is 12.6 Å². The minimum Gasteiger partial charge on any atom is -0.392 e. The first-order chi connectivity index (χ1) is 8.13. The molecule has 2 N–H and O–H groups in total. The summed E-state index contributed by atoms with van der Waals surface area (Å²) in [5, 5.41) is 12.7. The zero-order valence-electron chi connectivity index (χ0n) is 11.2. The van der Waals surface area contributed by atoms with Crippen LogP contribution in [0.25, 0.3) is 0 Å². The Hall–Kier alpha value is -0.860. The minimum atomic E-state index is 0.123. The van der Waals surface area contributed by atoms with Gasteiger partial charge < -0.3 is 10.4 Å². The molecule has 0 aliphatic rings. The van der Waals surface area contributed by atoms with Gasteiger partial charge in [0.2, 0.25) is 0 Å². The summed E-state index contributed by atoms with van der Waals surface area (Å²) in [5.74, 6) is 0.768. The Morgan fingerprint density at radius 3 is 2.29 bits per heavy atom. The Balaban J connectivity index is 2.39. The Morgan fingerprint density at radius 2 is 1.71 bits per heavy atom. The average Bonchev–Trinajstić information content (AvgIpc) is 2.34. The predicted molar refractivity (Wildman–Crippen MR) is 72.7 cm³/mol. The molecule has 1 rings (SSSR count). The molecule has 0 aliphatic carbocycles. The lowest BCUT2D eigenvalue weighted by Crippen LogP contribution is -2.26. The van der Waals surface area contributed by atoms with E-state index in [4.69, 9.17) is 0 Å². The van der Waals surface area contributed by atoms with Gasteiger partial charge in [-0.3, -0.25) is 0 Å². The van der Waals surface area contributed by atoms with Crippen molar-refractivity contribution in [3.8, 4) is 0 Å². The number of rotatable bonds is 7. The van der Waals surface area contributed by atoms with Crippen molar-refractivity contribution >= 4 is 0 Å². The largest absolute Gasteiger partial charge is 0.392 e. The Kier molecular flexibility index (Phi) is 6.23. The van der Waals surface area contributed by atoms with Gasteiger partial charge in [-0.15, -0.1) is 0 Å². The second-order valence-corrected chi connectivity index (χ2v) is 5.18. The van der Waals surface area contributed by atoms with E-state index in [1.54, 1.807) is 0 Å². The first-order valence-corrected chi connectivity index (χ1v) is 6.54. The molecule has 2 heteroatoms. The third-order valence-corrected chi connectivity index (χ3v) is 3.11. The van der Waals surface area contributed by atoms with Gasteiger partial charge in [0.1, 0.15) is 0 Å². The fourth-order valence-electron chi connectivity index (χ4n) is 1.85. The maximum absolute atomic E-state index is 9.23. The van der Waals surface area contributed by atoms with Gasteiger partial charge in [-0.25, -0.2) is 0 Å². The highest BCUT2D eigenvalue weighted by Crippen LogP contribution is 2.10. The molecule has 0 heterocycles. The predicted octanol–water partition coefficient (Wildman–Crippen LogP) is 3.09. The van der Waals surface area contributed by atoms with Crippen molar-refractivity contribution in [2.24, 2.45) is 5.92 Å². The van der Waals surface area contributed by atoms with Gasteiger partial charge in [0.05, 0.1) is 6.61 Å². The summed E-state index contributed by atoms with van der Waals surface area (Å²) >= 11 is 0. The molecule has 0 saturated heterocycles. The maximum atomic E-state index is 9.23. The van der Waals surface area contributed by atoms with Gasteiger partial charge in [-0.1, -0.05) is 38.1 Å². The van der Waals surface area contributed by atoms with Crippen LogP contribution in [0, 0.1) is 5.92 Å². The zero-order chi connectivity index (χ0) is 12.7. The van der Waals surface area contributed by atoms with Crippen molar-refractivity contribution in [2.75, 3.05) is 0 Å². The molecule has 1 aromatic carbocycles. The normalized spacial score (nSPS) is 13.0. The molecular formula is C15H25NO. The second kappa shape index (κ2) is 7.46. The summed E-state index contributed by atoms with van der Waals surface area (Å²) in [4.78, 5) is 0. The lowest BCUT2D eigenvalue weighted by molar-refractivity contribution is 0.280. The maximum Gasteiger partial charge on any atom is 0.0685 e. The van der Waals surface area contributed by atoms with Gasteiger partial charge in [-0.05, 0) is 36.8 Å². The van der Waals surface area contributed by atoms with Crippen LogP contribution in [0.15, 0.2) is 24.3 Å². The number of aliphatic hydroxyl groups is 1.